The molecule has 1 saturated heterocycles. The Kier molecular flexibility index (Phi) is 4.03. The lowest BCUT2D eigenvalue weighted by atomic mass is 9.88. The number of carbonyl (C=O) groups excluding carboxylic acids is 3. The van der Waals surface area contributed by atoms with Crippen LogP contribution in [-0.2, 0) is 23.9 Å². The fourth-order valence-electron chi connectivity index (χ4n) is 1.44. The molecule has 0 spiro atoms. The van der Waals surface area contributed by atoms with Gasteiger partial charge in [0.1, 0.15) is 0 Å². The van der Waals surface area contributed by atoms with Gasteiger partial charge in [-0.1, -0.05) is 0 Å². The highest BCUT2D eigenvalue weighted by Crippen LogP contribution is 2.27. The van der Waals surface area contributed by atoms with Gasteiger partial charge in [-0.3, -0.25) is 4.79 Å². The number of β-lactam (4-membered cyclic amide) rings is 1. The van der Waals surface area contributed by atoms with Crippen molar-refractivity contribution in [3.05, 3.63) is 0 Å². The molecule has 0 aliphatic carbocycles. The molecule has 0 saturated carbocycles. The van der Waals surface area contributed by atoms with E-state index in [1.165, 1.54) is 13.8 Å². The second kappa shape index (κ2) is 5.11. The van der Waals surface area contributed by atoms with E-state index < -0.39 is 29.6 Å². The average molecular weight is 247 g/mol. The van der Waals surface area contributed by atoms with Crippen LogP contribution in [-0.4, -0.2) is 42.8 Å². The van der Waals surface area contributed by atoms with Crippen LogP contribution in [0.2, 0.25) is 0 Å². The van der Waals surface area contributed by atoms with Gasteiger partial charge in [0.05, 0.1) is 25.7 Å². The van der Waals surface area contributed by atoms with E-state index in [2.05, 4.69) is 14.8 Å². The largest absolute Gasteiger partial charge is 0.463 e. The molecule has 0 aromatic heterocycles. The van der Waals surface area contributed by atoms with E-state index >= 15 is 0 Å². The van der Waals surface area contributed by atoms with Gasteiger partial charge in [0, 0.05) is 0 Å². The topological polar surface area (TPSA) is 81.7 Å². The van der Waals surface area contributed by atoms with Crippen molar-refractivity contribution in [1.82, 2.24) is 5.32 Å². The second-order valence-corrected chi connectivity index (χ2v) is 3.48. The maximum Gasteiger partial charge on any atom is 0.358 e. The molecule has 1 N–H and O–H groups in total. The lowest BCUT2D eigenvalue weighted by molar-refractivity contribution is -0.179. The monoisotopic (exact) mass is 247 g/mol. The fraction of sp³-hybridized carbons (Fsp3) is 0.700. The van der Waals surface area contributed by atoms with Crippen molar-refractivity contribution in [2.45, 2.75) is 32.0 Å². The predicted molar refractivity (Wildman–Crippen MR) is 53.7 cm³/mol. The van der Waals surface area contributed by atoms with Crippen LogP contribution in [0.4, 0.5) is 4.39 Å². The van der Waals surface area contributed by atoms with Crippen molar-refractivity contribution in [3.8, 4) is 0 Å². The van der Waals surface area contributed by atoms with Gasteiger partial charge in [0.15, 0.2) is 0 Å². The Bertz CT molecular complexity index is 318. The van der Waals surface area contributed by atoms with E-state index in [0.717, 1.165) is 0 Å². The zero-order valence-electron chi connectivity index (χ0n) is 9.62. The number of alkyl halides is 1. The van der Waals surface area contributed by atoms with Gasteiger partial charge in [-0.05, 0) is 13.8 Å². The lowest BCUT2D eigenvalue weighted by Gasteiger charge is -2.35. The first-order valence-electron chi connectivity index (χ1n) is 5.29. The summed E-state index contributed by atoms with van der Waals surface area (Å²) in [6, 6.07) is -1.21. The predicted octanol–water partition coefficient (Wildman–Crippen LogP) is -0.291. The van der Waals surface area contributed by atoms with Crippen molar-refractivity contribution in [1.29, 1.82) is 0 Å². The normalized spacial score (nSPS) is 19.0. The summed E-state index contributed by atoms with van der Waals surface area (Å²) >= 11 is 0. The lowest BCUT2D eigenvalue weighted by Crippen LogP contribution is -2.67. The number of rotatable bonds is 5. The number of esters is 2. The summed E-state index contributed by atoms with van der Waals surface area (Å²) in [6.45, 7) is 2.85. The Morgan fingerprint density at radius 3 is 2.06 bits per heavy atom. The summed E-state index contributed by atoms with van der Waals surface area (Å²) in [6.07, 6.45) is -0.242. The SMILES string of the molecule is CCOC(=O)C(F)(C(=O)OCC)C1CC(=O)N1. The van der Waals surface area contributed by atoms with Gasteiger partial charge in [0.2, 0.25) is 5.91 Å². The molecule has 6 nitrogen and oxygen atoms in total. The molecule has 1 aliphatic rings. The Morgan fingerprint density at radius 1 is 1.35 bits per heavy atom. The molecule has 96 valence electrons. The van der Waals surface area contributed by atoms with Crippen molar-refractivity contribution in [2.75, 3.05) is 13.2 Å². The molecule has 1 fully saturated rings. The van der Waals surface area contributed by atoms with E-state index in [1.54, 1.807) is 0 Å². The summed E-state index contributed by atoms with van der Waals surface area (Å²) in [5.74, 6) is -3.09. The summed E-state index contributed by atoms with van der Waals surface area (Å²) < 4.78 is 23.4. The number of halogens is 1. The fourth-order valence-corrected chi connectivity index (χ4v) is 1.44. The highest BCUT2D eigenvalue weighted by atomic mass is 19.1. The van der Waals surface area contributed by atoms with Crippen LogP contribution >= 0.6 is 0 Å². The first-order valence-corrected chi connectivity index (χ1v) is 5.29. The third kappa shape index (κ3) is 2.37. The standard InChI is InChI=1S/C10H14FNO5/c1-3-16-8(14)10(11,9(15)17-4-2)6-5-7(13)12-6/h6H,3-5H2,1-2H3,(H,12,13). The molecule has 1 atom stereocenters. The van der Waals surface area contributed by atoms with Crippen LogP contribution in [0.25, 0.3) is 0 Å². The minimum Gasteiger partial charge on any atom is -0.463 e. The van der Waals surface area contributed by atoms with Crippen molar-refractivity contribution in [2.24, 2.45) is 0 Å². The van der Waals surface area contributed by atoms with Crippen molar-refractivity contribution >= 4 is 17.8 Å². The van der Waals surface area contributed by atoms with Gasteiger partial charge in [-0.2, -0.15) is 0 Å². The molecule has 17 heavy (non-hydrogen) atoms. The molecule has 1 unspecified atom stereocenters. The smallest absolute Gasteiger partial charge is 0.358 e. The average Bonchev–Trinajstić information content (AvgIpc) is 2.24. The van der Waals surface area contributed by atoms with Crippen molar-refractivity contribution < 1.29 is 28.2 Å². The van der Waals surface area contributed by atoms with E-state index in [4.69, 9.17) is 0 Å². The van der Waals surface area contributed by atoms with Crippen LogP contribution in [0.3, 0.4) is 0 Å². The molecular weight excluding hydrogens is 233 g/mol. The van der Waals surface area contributed by atoms with E-state index in [0.29, 0.717) is 0 Å². The Morgan fingerprint density at radius 2 is 1.76 bits per heavy atom. The molecular formula is C10H14FNO5. The maximum atomic E-state index is 14.4. The molecule has 0 bridgehead atoms. The maximum absolute atomic E-state index is 14.4. The number of carbonyl (C=O) groups is 3. The van der Waals surface area contributed by atoms with Gasteiger partial charge < -0.3 is 14.8 Å². The highest BCUT2D eigenvalue weighted by molar-refractivity contribution is 6.06. The van der Waals surface area contributed by atoms with Gasteiger partial charge >= 0.3 is 17.6 Å². The van der Waals surface area contributed by atoms with Crippen LogP contribution in [0.5, 0.6) is 0 Å². The molecule has 0 aromatic rings. The van der Waals surface area contributed by atoms with Crippen molar-refractivity contribution in [3.63, 3.8) is 0 Å². The van der Waals surface area contributed by atoms with Gasteiger partial charge in [0.25, 0.3) is 0 Å². The zero-order chi connectivity index (χ0) is 13.1. The molecule has 1 heterocycles. The molecule has 0 aromatic carbocycles. The van der Waals surface area contributed by atoms with Crippen LogP contribution < -0.4 is 5.32 Å². The Labute approximate surface area is 97.4 Å². The van der Waals surface area contributed by atoms with E-state index in [1.807, 2.05) is 0 Å². The molecule has 1 aliphatic heterocycles. The molecule has 0 radical (unpaired) electrons. The third-order valence-electron chi connectivity index (χ3n) is 2.35. The summed E-state index contributed by atoms with van der Waals surface area (Å²) in [7, 11) is 0. The van der Waals surface area contributed by atoms with Crippen LogP contribution in [0.1, 0.15) is 20.3 Å². The van der Waals surface area contributed by atoms with Crippen LogP contribution in [0, 0.1) is 0 Å². The van der Waals surface area contributed by atoms with Gasteiger partial charge in [-0.25, -0.2) is 14.0 Å². The Hall–Kier alpha value is -1.66. The minimum atomic E-state index is -2.96. The summed E-state index contributed by atoms with van der Waals surface area (Å²) in [5.41, 5.74) is -2.96. The molecule has 7 heteroatoms. The van der Waals surface area contributed by atoms with Crippen LogP contribution in [0.15, 0.2) is 0 Å². The first-order chi connectivity index (χ1) is 7.96. The highest BCUT2D eigenvalue weighted by Gasteiger charge is 2.60. The molecule has 1 amide bonds. The van der Waals surface area contributed by atoms with Gasteiger partial charge in [-0.15, -0.1) is 0 Å². The number of amides is 1. The first kappa shape index (κ1) is 13.4. The molecule has 1 rings (SSSR count). The minimum absolute atomic E-state index is 0.0649. The number of nitrogens with one attached hydrogen (secondary N) is 1. The number of ether oxygens (including phenoxy) is 2. The number of hydrogen-bond acceptors (Lipinski definition) is 5. The summed E-state index contributed by atoms with van der Waals surface area (Å²) in [5, 5.41) is 2.15. The Balaban J connectivity index is 2.87. The quantitative estimate of drug-likeness (QED) is 0.410. The van der Waals surface area contributed by atoms with E-state index in [-0.39, 0.29) is 19.6 Å². The third-order valence-corrected chi connectivity index (χ3v) is 2.35. The van der Waals surface area contributed by atoms with E-state index in [9.17, 15) is 18.8 Å². The number of hydrogen-bond donors (Lipinski definition) is 1. The zero-order valence-corrected chi connectivity index (χ0v) is 9.62. The second-order valence-electron chi connectivity index (χ2n) is 3.48. The summed E-state index contributed by atoms with van der Waals surface area (Å²) in [4.78, 5) is 33.7.